The molecule has 0 fully saturated rings. The van der Waals surface area contributed by atoms with E-state index in [-0.39, 0.29) is 25.2 Å². The second-order valence-electron chi connectivity index (χ2n) is 3.68. The summed E-state index contributed by atoms with van der Waals surface area (Å²) in [6, 6.07) is 0. The molecule has 0 atom stereocenters. The van der Waals surface area contributed by atoms with Crippen LogP contribution in [0.5, 0.6) is 0 Å². The molecule has 0 aliphatic carbocycles. The molecule has 1 rings (SSSR count). The Bertz CT molecular complexity index is 462. The van der Waals surface area contributed by atoms with Crippen LogP contribution in [0.25, 0.3) is 0 Å². The standard InChI is InChI=1S/C11H18NO4PS/c1-5-15-17(14,16-6-2)7-10(13)11-8(3)12-9(4)18-11/h5-7H2,1-4H3. The van der Waals surface area contributed by atoms with Crippen LogP contribution in [0.15, 0.2) is 0 Å². The maximum atomic E-state index is 12.2. The van der Waals surface area contributed by atoms with Crippen molar-refractivity contribution >= 4 is 24.7 Å². The minimum atomic E-state index is -3.32. The fourth-order valence-corrected chi connectivity index (χ4v) is 4.08. The van der Waals surface area contributed by atoms with Crippen LogP contribution < -0.4 is 0 Å². The van der Waals surface area contributed by atoms with E-state index in [0.717, 1.165) is 5.01 Å². The van der Waals surface area contributed by atoms with Gasteiger partial charge >= 0.3 is 7.60 Å². The van der Waals surface area contributed by atoms with Gasteiger partial charge in [-0.25, -0.2) is 4.98 Å². The van der Waals surface area contributed by atoms with Crippen LogP contribution in [-0.4, -0.2) is 30.1 Å². The molecule has 0 saturated heterocycles. The number of carbonyl (C=O) groups excluding carboxylic acids is 1. The summed E-state index contributed by atoms with van der Waals surface area (Å²) in [5, 5.41) is 0.818. The Balaban J connectivity index is 2.85. The summed E-state index contributed by atoms with van der Waals surface area (Å²) in [4.78, 5) is 16.8. The van der Waals surface area contributed by atoms with Gasteiger partial charge in [0.05, 0.1) is 28.8 Å². The van der Waals surface area contributed by atoms with Crippen molar-refractivity contribution in [2.24, 2.45) is 0 Å². The lowest BCUT2D eigenvalue weighted by Crippen LogP contribution is -2.10. The van der Waals surface area contributed by atoms with Crippen LogP contribution >= 0.6 is 18.9 Å². The molecule has 0 amide bonds. The predicted molar refractivity (Wildman–Crippen MR) is 71.6 cm³/mol. The Labute approximate surface area is 111 Å². The number of ketones is 1. The highest BCUT2D eigenvalue weighted by Gasteiger charge is 2.29. The van der Waals surface area contributed by atoms with E-state index < -0.39 is 7.60 Å². The second-order valence-corrected chi connectivity index (χ2v) is 6.93. The van der Waals surface area contributed by atoms with Crippen molar-refractivity contribution in [1.82, 2.24) is 4.98 Å². The molecule has 0 N–H and O–H groups in total. The van der Waals surface area contributed by atoms with E-state index in [2.05, 4.69) is 4.98 Å². The Morgan fingerprint density at radius 1 is 1.28 bits per heavy atom. The average molecular weight is 291 g/mol. The van der Waals surface area contributed by atoms with E-state index in [1.165, 1.54) is 11.3 Å². The van der Waals surface area contributed by atoms with Crippen LogP contribution in [0.4, 0.5) is 0 Å². The lowest BCUT2D eigenvalue weighted by molar-refractivity contribution is 0.101. The van der Waals surface area contributed by atoms with Gasteiger partial charge in [0.15, 0.2) is 5.78 Å². The van der Waals surface area contributed by atoms with Gasteiger partial charge in [0, 0.05) is 0 Å². The highest BCUT2D eigenvalue weighted by molar-refractivity contribution is 7.55. The molecule has 1 heterocycles. The Hall–Kier alpha value is -0.550. The van der Waals surface area contributed by atoms with E-state index >= 15 is 0 Å². The number of aryl methyl sites for hydroxylation is 2. The van der Waals surface area contributed by atoms with Gasteiger partial charge in [0.2, 0.25) is 0 Å². The third kappa shape index (κ3) is 3.99. The lowest BCUT2D eigenvalue weighted by atomic mass is 10.3. The molecule has 0 bridgehead atoms. The minimum absolute atomic E-state index is 0.225. The normalized spacial score (nSPS) is 11.8. The van der Waals surface area contributed by atoms with E-state index in [4.69, 9.17) is 9.05 Å². The quantitative estimate of drug-likeness (QED) is 0.570. The minimum Gasteiger partial charge on any atom is -0.309 e. The molecular weight excluding hydrogens is 273 g/mol. The number of rotatable bonds is 7. The second kappa shape index (κ2) is 6.57. The monoisotopic (exact) mass is 291 g/mol. The number of hydrogen-bond acceptors (Lipinski definition) is 6. The molecule has 18 heavy (non-hydrogen) atoms. The van der Waals surface area contributed by atoms with Gasteiger partial charge in [-0.1, -0.05) is 0 Å². The summed E-state index contributed by atoms with van der Waals surface area (Å²) in [5.41, 5.74) is 0.669. The third-order valence-corrected chi connectivity index (χ3v) is 5.24. The summed E-state index contributed by atoms with van der Waals surface area (Å²) in [6.45, 7) is 7.55. The summed E-state index contributed by atoms with van der Waals surface area (Å²) in [5.74, 6) is -0.233. The van der Waals surface area contributed by atoms with Gasteiger partial charge in [-0.3, -0.25) is 9.36 Å². The van der Waals surface area contributed by atoms with Crippen LogP contribution in [0.1, 0.15) is 34.2 Å². The molecule has 0 aliphatic heterocycles. The number of hydrogen-bond donors (Lipinski definition) is 0. The molecule has 1 aromatic rings. The first-order chi connectivity index (χ1) is 8.41. The summed E-state index contributed by atoms with van der Waals surface area (Å²) in [7, 11) is -3.32. The number of aromatic nitrogens is 1. The average Bonchev–Trinajstić information content (AvgIpc) is 2.58. The maximum absolute atomic E-state index is 12.2. The van der Waals surface area contributed by atoms with Crippen molar-refractivity contribution in [1.29, 1.82) is 0 Å². The van der Waals surface area contributed by atoms with Crippen molar-refractivity contribution in [2.75, 3.05) is 19.4 Å². The fraction of sp³-hybridized carbons (Fsp3) is 0.636. The van der Waals surface area contributed by atoms with Gasteiger partial charge in [0.1, 0.15) is 6.16 Å². The topological polar surface area (TPSA) is 65.5 Å². The van der Waals surface area contributed by atoms with E-state index in [1.807, 2.05) is 6.92 Å². The zero-order chi connectivity index (χ0) is 13.8. The zero-order valence-electron chi connectivity index (χ0n) is 11.1. The fourth-order valence-electron chi connectivity index (χ4n) is 1.56. The van der Waals surface area contributed by atoms with Crippen molar-refractivity contribution < 1.29 is 18.4 Å². The molecule has 7 heteroatoms. The van der Waals surface area contributed by atoms with Crippen molar-refractivity contribution in [3.8, 4) is 0 Å². The molecule has 0 aromatic carbocycles. The summed E-state index contributed by atoms with van der Waals surface area (Å²) >= 11 is 1.31. The van der Waals surface area contributed by atoms with Crippen LogP contribution in [0, 0.1) is 13.8 Å². The van der Waals surface area contributed by atoms with E-state index in [9.17, 15) is 9.36 Å². The van der Waals surface area contributed by atoms with Crippen LogP contribution in [-0.2, 0) is 13.6 Å². The molecule has 0 unspecified atom stereocenters. The first-order valence-electron chi connectivity index (χ1n) is 5.77. The Morgan fingerprint density at radius 2 is 1.83 bits per heavy atom. The molecular formula is C11H18NO4PS. The molecule has 0 aliphatic rings. The van der Waals surface area contributed by atoms with Crippen molar-refractivity contribution in [3.05, 3.63) is 15.6 Å². The van der Waals surface area contributed by atoms with Gasteiger partial charge in [0.25, 0.3) is 0 Å². The highest BCUT2D eigenvalue weighted by Crippen LogP contribution is 2.48. The SMILES string of the molecule is CCOP(=O)(CC(=O)c1sc(C)nc1C)OCC. The van der Waals surface area contributed by atoms with Crippen LogP contribution in [0.2, 0.25) is 0 Å². The summed E-state index contributed by atoms with van der Waals surface area (Å²) in [6.07, 6.45) is -0.225. The molecule has 0 saturated carbocycles. The van der Waals surface area contributed by atoms with E-state index in [1.54, 1.807) is 20.8 Å². The highest BCUT2D eigenvalue weighted by atomic mass is 32.1. The lowest BCUT2D eigenvalue weighted by Gasteiger charge is -2.15. The van der Waals surface area contributed by atoms with Gasteiger partial charge in [-0.05, 0) is 27.7 Å². The van der Waals surface area contributed by atoms with Crippen molar-refractivity contribution in [2.45, 2.75) is 27.7 Å². The van der Waals surface area contributed by atoms with Crippen molar-refractivity contribution in [3.63, 3.8) is 0 Å². The van der Waals surface area contributed by atoms with E-state index in [0.29, 0.717) is 10.6 Å². The number of Topliss-reactive ketones (excluding diaryl/α,β-unsaturated/α-hetero) is 1. The number of carbonyl (C=O) groups is 1. The van der Waals surface area contributed by atoms with Gasteiger partial charge in [-0.15, -0.1) is 11.3 Å². The Morgan fingerprint density at radius 3 is 2.22 bits per heavy atom. The molecule has 5 nitrogen and oxygen atoms in total. The largest absolute Gasteiger partial charge is 0.338 e. The Kier molecular flexibility index (Phi) is 5.66. The molecule has 0 radical (unpaired) electrons. The number of nitrogens with zero attached hydrogens (tertiary/aromatic N) is 1. The first kappa shape index (κ1) is 15.5. The predicted octanol–water partition coefficient (Wildman–Crippen LogP) is 3.21. The smallest absolute Gasteiger partial charge is 0.309 e. The molecule has 1 aromatic heterocycles. The third-order valence-electron chi connectivity index (χ3n) is 2.15. The van der Waals surface area contributed by atoms with Gasteiger partial charge < -0.3 is 9.05 Å². The van der Waals surface area contributed by atoms with Crippen LogP contribution in [0.3, 0.4) is 0 Å². The maximum Gasteiger partial charge on any atom is 0.338 e. The summed E-state index contributed by atoms with van der Waals surface area (Å²) < 4.78 is 22.4. The zero-order valence-corrected chi connectivity index (χ0v) is 12.8. The molecule has 0 spiro atoms. The molecule has 102 valence electrons. The van der Waals surface area contributed by atoms with Gasteiger partial charge in [-0.2, -0.15) is 0 Å². The number of thiazole rings is 1. The first-order valence-corrected chi connectivity index (χ1v) is 8.31.